The van der Waals surface area contributed by atoms with Gasteiger partial charge in [0.05, 0.1) is 22.7 Å². The van der Waals surface area contributed by atoms with Gasteiger partial charge in [-0.05, 0) is 246 Å². The molecule has 0 N–H and O–H groups in total. The molecule has 0 spiro atoms. The first-order valence-electron chi connectivity index (χ1n) is 37.1. The smallest absolute Gasteiger partial charge is 0.0561 e. The van der Waals surface area contributed by atoms with Crippen molar-refractivity contribution < 1.29 is 0 Å². The number of anilines is 12. The molecule has 0 radical (unpaired) electrons. The van der Waals surface area contributed by atoms with Crippen molar-refractivity contribution in [1.29, 1.82) is 0 Å². The molecule has 16 aromatic carbocycles. The van der Waals surface area contributed by atoms with E-state index >= 15 is 0 Å². The highest BCUT2D eigenvalue weighted by molar-refractivity contribution is 6.33. The van der Waals surface area contributed by atoms with Crippen molar-refractivity contribution in [3.05, 3.63) is 324 Å². The quantitative estimate of drug-likeness (QED) is 0.113. The molecule has 16 aromatic rings. The van der Waals surface area contributed by atoms with Crippen LogP contribution in [0.3, 0.4) is 0 Å². The summed E-state index contributed by atoms with van der Waals surface area (Å²) in [5, 5.41) is 16.5. The first-order chi connectivity index (χ1) is 49.7. The van der Waals surface area contributed by atoms with Crippen molar-refractivity contribution in [3.63, 3.8) is 0 Å². The van der Waals surface area contributed by atoms with E-state index < -0.39 is 0 Å². The predicted molar refractivity (Wildman–Crippen MR) is 453 cm³/mol. The fourth-order valence-corrected chi connectivity index (χ4v) is 16.1. The third-order valence-corrected chi connectivity index (χ3v) is 22.0. The van der Waals surface area contributed by atoms with E-state index in [2.05, 4.69) is 409 Å². The van der Waals surface area contributed by atoms with Gasteiger partial charge in [0.2, 0.25) is 0 Å². The van der Waals surface area contributed by atoms with Gasteiger partial charge in [-0.2, -0.15) is 0 Å². The zero-order chi connectivity index (χ0) is 72.5. The first kappa shape index (κ1) is 67.3. The number of aryl methyl sites for hydroxylation is 4. The summed E-state index contributed by atoms with van der Waals surface area (Å²) in [5.74, 6) is 0. The van der Waals surface area contributed by atoms with Gasteiger partial charge in [0, 0.05) is 77.8 Å². The van der Waals surface area contributed by atoms with Gasteiger partial charge in [-0.25, -0.2) is 0 Å². The van der Waals surface area contributed by atoms with E-state index in [1.54, 1.807) is 0 Å². The van der Waals surface area contributed by atoms with Crippen molar-refractivity contribution in [1.82, 2.24) is 0 Å². The summed E-state index contributed by atoms with van der Waals surface area (Å²) in [6.45, 7) is 36.9. The fraction of sp³-hybridized carbons (Fsp3) is 0.200. The van der Waals surface area contributed by atoms with E-state index in [1.807, 2.05) is 0 Å². The summed E-state index contributed by atoms with van der Waals surface area (Å²) in [6.07, 6.45) is 0. The van der Waals surface area contributed by atoms with Crippen molar-refractivity contribution in [3.8, 4) is 0 Å². The molecular weight excluding hydrogens is 1260 g/mol. The highest BCUT2D eigenvalue weighted by atomic mass is 15.2. The molecule has 0 amide bonds. The maximum absolute atomic E-state index is 2.59. The Balaban J connectivity index is 1.13. The summed E-state index contributed by atoms with van der Waals surface area (Å²) < 4.78 is 0. The summed E-state index contributed by atoms with van der Waals surface area (Å²) in [4.78, 5) is 10.3. The lowest BCUT2D eigenvalue weighted by Crippen LogP contribution is -2.18. The van der Waals surface area contributed by atoms with Crippen LogP contribution in [0.25, 0.3) is 75.4 Å². The van der Waals surface area contributed by atoms with E-state index in [0.29, 0.717) is 0 Å². The van der Waals surface area contributed by atoms with Crippen molar-refractivity contribution in [2.75, 3.05) is 19.6 Å². The van der Waals surface area contributed by atoms with E-state index in [9.17, 15) is 0 Å². The molecule has 4 heteroatoms. The molecule has 0 bridgehead atoms. The molecule has 0 aliphatic rings. The van der Waals surface area contributed by atoms with Crippen LogP contribution in [0.4, 0.5) is 68.2 Å². The van der Waals surface area contributed by atoms with Gasteiger partial charge in [-0.1, -0.05) is 253 Å². The van der Waals surface area contributed by atoms with E-state index in [4.69, 9.17) is 0 Å². The van der Waals surface area contributed by atoms with Crippen LogP contribution in [0, 0.1) is 27.7 Å². The molecule has 514 valence electrons. The van der Waals surface area contributed by atoms with Gasteiger partial charge in [0.1, 0.15) is 0 Å². The Bertz CT molecular complexity index is 5260. The molecule has 0 atom stereocenters. The van der Waals surface area contributed by atoms with Gasteiger partial charge >= 0.3 is 0 Å². The van der Waals surface area contributed by atoms with Gasteiger partial charge in [0.25, 0.3) is 0 Å². The number of rotatable bonds is 12. The van der Waals surface area contributed by atoms with Gasteiger partial charge in [-0.15, -0.1) is 0 Å². The molecule has 0 heterocycles. The zero-order valence-corrected chi connectivity index (χ0v) is 63.3. The summed E-state index contributed by atoms with van der Waals surface area (Å²) in [6, 6.07) is 107. The molecule has 0 aliphatic carbocycles. The van der Waals surface area contributed by atoms with Crippen molar-refractivity contribution in [2.45, 2.75) is 132 Å². The zero-order valence-electron chi connectivity index (χ0n) is 63.3. The summed E-state index contributed by atoms with van der Waals surface area (Å²) in [5.41, 5.74) is 22.6. The van der Waals surface area contributed by atoms with Crippen molar-refractivity contribution in [2.24, 2.45) is 0 Å². The second kappa shape index (κ2) is 25.3. The number of hydrogen-bond acceptors (Lipinski definition) is 4. The molecule has 0 aromatic heterocycles. The van der Waals surface area contributed by atoms with E-state index in [0.717, 1.165) is 89.8 Å². The molecular formula is C100H94N4. The largest absolute Gasteiger partial charge is 0.310 e. The number of nitrogens with zero attached hydrogens (tertiary/aromatic N) is 4. The second-order valence-electron chi connectivity index (χ2n) is 33.4. The molecule has 0 saturated carbocycles. The SMILES string of the molecule is Cc1cc2ccccc2cc1N(c1ccc(C(C)(C)C)cc1)c1cc(N(c2ccc(C(C)(C)C)cc2)c2cc3ccccc3cc2C)c2ccc3c(N(c4ccc(C(C)(C)C)cc4)c4cc5ccccc5cc4C)cc(N(c4ccc(C(C)(C)C)cc4)c4cc5ccccc5cc4C)c4ccc1c2c43. The van der Waals surface area contributed by atoms with Gasteiger partial charge in [-0.3, -0.25) is 0 Å². The fourth-order valence-electron chi connectivity index (χ4n) is 16.1. The number of fused-ring (bicyclic) bond motifs is 4. The topological polar surface area (TPSA) is 13.0 Å². The van der Waals surface area contributed by atoms with Crippen LogP contribution in [0.2, 0.25) is 0 Å². The minimum absolute atomic E-state index is 0.0691. The Hall–Kier alpha value is -11.2. The second-order valence-corrected chi connectivity index (χ2v) is 33.4. The summed E-state index contributed by atoms with van der Waals surface area (Å²) >= 11 is 0. The van der Waals surface area contributed by atoms with Crippen LogP contribution in [-0.2, 0) is 21.7 Å². The van der Waals surface area contributed by atoms with Gasteiger partial charge in [0.15, 0.2) is 0 Å². The van der Waals surface area contributed by atoms with Crippen LogP contribution < -0.4 is 19.6 Å². The average Bonchev–Trinajstić information content (AvgIpc) is 0.699. The van der Waals surface area contributed by atoms with Crippen LogP contribution in [0.1, 0.15) is 128 Å². The summed E-state index contributed by atoms with van der Waals surface area (Å²) in [7, 11) is 0. The monoisotopic (exact) mass is 1350 g/mol. The molecule has 0 unspecified atom stereocenters. The molecule has 104 heavy (non-hydrogen) atoms. The predicted octanol–water partition coefficient (Wildman–Crippen LogP) is 29.5. The Morgan fingerprint density at radius 1 is 0.183 bits per heavy atom. The van der Waals surface area contributed by atoms with Crippen LogP contribution in [0.5, 0.6) is 0 Å². The third-order valence-electron chi connectivity index (χ3n) is 22.0. The number of hydrogen-bond donors (Lipinski definition) is 0. The molecule has 0 fully saturated rings. The Labute approximate surface area is 615 Å². The highest BCUT2D eigenvalue weighted by Crippen LogP contribution is 2.57. The van der Waals surface area contributed by atoms with Crippen LogP contribution in [0.15, 0.2) is 279 Å². The lowest BCUT2D eigenvalue weighted by Gasteiger charge is -2.36. The highest BCUT2D eigenvalue weighted by Gasteiger charge is 2.32. The average molecular weight is 1350 g/mol. The maximum atomic E-state index is 2.59. The Kier molecular flexibility index (Phi) is 16.4. The lowest BCUT2D eigenvalue weighted by atomic mass is 9.86. The molecule has 0 saturated heterocycles. The molecule has 4 nitrogen and oxygen atoms in total. The normalized spacial score (nSPS) is 12.4. The molecule has 16 rings (SSSR count). The lowest BCUT2D eigenvalue weighted by molar-refractivity contribution is 0.590. The van der Waals surface area contributed by atoms with E-state index in [-0.39, 0.29) is 21.7 Å². The van der Waals surface area contributed by atoms with E-state index in [1.165, 1.54) is 98.4 Å². The first-order valence-corrected chi connectivity index (χ1v) is 37.1. The molecule has 0 aliphatic heterocycles. The number of benzene rings is 16. The van der Waals surface area contributed by atoms with Crippen LogP contribution >= 0.6 is 0 Å². The minimum atomic E-state index is -0.0691. The standard InChI is InChI=1S/C100H94N4/c1-63-53-67-25-17-21-29-71(67)57-87(63)101(79-41-33-75(34-42-79)97(5,6)7)91-61-92(102(80-43-35-76(36-44-80)98(8,9)10)88-58-72-30-22-18-26-68(72)54-64(88)2)84-51-52-86-94(104(82-47-39-78(40-48-82)100(14,15)16)90-60-74-32-24-20-28-70(74)56-66(90)4)62-93(85-50-49-83(91)95(84)96(85)86)103(81-45-37-77(38-46-81)99(11,12)13)89-59-73-31-23-19-27-69(73)55-65(89)3/h17-62H,1-16H3. The third kappa shape index (κ3) is 12.0. The van der Waals surface area contributed by atoms with Crippen molar-refractivity contribution >= 4 is 144 Å². The Morgan fingerprint density at radius 2 is 0.356 bits per heavy atom. The minimum Gasteiger partial charge on any atom is -0.310 e. The van der Waals surface area contributed by atoms with Crippen LogP contribution in [-0.4, -0.2) is 0 Å². The maximum Gasteiger partial charge on any atom is 0.0561 e. The van der Waals surface area contributed by atoms with Gasteiger partial charge < -0.3 is 19.6 Å². The Morgan fingerprint density at radius 3 is 0.529 bits per heavy atom.